The van der Waals surface area contributed by atoms with E-state index in [2.05, 4.69) is 11.6 Å². The molecule has 1 unspecified atom stereocenters. The lowest BCUT2D eigenvalue weighted by molar-refractivity contribution is -0.132. The van der Waals surface area contributed by atoms with Gasteiger partial charge in [0, 0.05) is 5.56 Å². The number of rotatable bonds is 7. The molecule has 1 saturated heterocycles. The van der Waals surface area contributed by atoms with E-state index >= 15 is 0 Å². The third-order valence-corrected chi connectivity index (χ3v) is 6.62. The quantitative estimate of drug-likeness (QED) is 0.161. The van der Waals surface area contributed by atoms with Crippen molar-refractivity contribution in [3.8, 4) is 11.5 Å². The number of aliphatic hydroxyl groups excluding tert-OH is 1. The summed E-state index contributed by atoms with van der Waals surface area (Å²) < 4.78 is 10.3. The predicted octanol–water partition coefficient (Wildman–Crippen LogP) is 4.13. The van der Waals surface area contributed by atoms with Gasteiger partial charge in [-0.25, -0.2) is 9.78 Å². The number of carbonyl (C=O) groups is 3. The number of phenols is 1. The van der Waals surface area contributed by atoms with Gasteiger partial charge in [-0.3, -0.25) is 14.5 Å². The molecule has 3 aromatic rings. The summed E-state index contributed by atoms with van der Waals surface area (Å²) in [6, 6.07) is 11.3. The number of methoxy groups -OCH3 is 1. The Kier molecular flexibility index (Phi) is 6.89. The molecule has 2 aromatic carbocycles. The molecule has 0 bridgehead atoms. The third kappa shape index (κ3) is 4.46. The van der Waals surface area contributed by atoms with Crippen LogP contribution in [0.15, 0.2) is 66.8 Å². The van der Waals surface area contributed by atoms with Gasteiger partial charge in [0.2, 0.25) is 0 Å². The molecule has 0 saturated carbocycles. The summed E-state index contributed by atoms with van der Waals surface area (Å²) in [5.41, 5.74) is 0.750. The number of Topliss-reactive ketones (excluding diaryl/α,β-unsaturated/α-hetero) is 1. The Balaban J connectivity index is 1.90. The number of hydrogen-bond acceptors (Lipinski definition) is 9. The number of benzene rings is 2. The van der Waals surface area contributed by atoms with E-state index in [1.54, 1.807) is 37.3 Å². The maximum atomic E-state index is 13.3. The number of hydrogen-bond donors (Lipinski definition) is 2. The second kappa shape index (κ2) is 10.0. The zero-order valence-electron chi connectivity index (χ0n) is 19.4. The van der Waals surface area contributed by atoms with Crippen LogP contribution in [0.4, 0.5) is 5.13 Å². The summed E-state index contributed by atoms with van der Waals surface area (Å²) in [6.07, 6.45) is 1.42. The molecule has 1 aliphatic rings. The van der Waals surface area contributed by atoms with Crippen LogP contribution >= 0.6 is 11.3 Å². The molecule has 0 spiro atoms. The lowest BCUT2D eigenvalue weighted by Gasteiger charge is -2.23. The fourth-order valence-corrected chi connectivity index (χ4v) is 4.83. The molecule has 1 fully saturated rings. The molecule has 4 rings (SSSR count). The number of ketones is 1. The number of aryl methyl sites for hydroxylation is 1. The Morgan fingerprint density at radius 1 is 1.22 bits per heavy atom. The Morgan fingerprint density at radius 2 is 1.97 bits per heavy atom. The molecule has 1 amide bonds. The minimum Gasteiger partial charge on any atom is -0.508 e. The summed E-state index contributed by atoms with van der Waals surface area (Å²) in [5.74, 6) is -2.58. The van der Waals surface area contributed by atoms with Crippen molar-refractivity contribution in [2.45, 2.75) is 13.0 Å². The van der Waals surface area contributed by atoms with Crippen LogP contribution in [0.3, 0.4) is 0 Å². The molecule has 1 aromatic heterocycles. The lowest BCUT2D eigenvalue weighted by atomic mass is 9.95. The number of anilines is 1. The molecule has 10 heteroatoms. The van der Waals surface area contributed by atoms with Gasteiger partial charge in [-0.15, -0.1) is 0 Å². The molecule has 2 N–H and O–H groups in total. The zero-order chi connectivity index (χ0) is 26.0. The average molecular weight is 507 g/mol. The maximum absolute atomic E-state index is 13.3. The van der Waals surface area contributed by atoms with Crippen LogP contribution in [-0.4, -0.2) is 46.6 Å². The van der Waals surface area contributed by atoms with E-state index in [9.17, 15) is 24.6 Å². The average Bonchev–Trinajstić information content (AvgIpc) is 3.38. The first-order valence-corrected chi connectivity index (χ1v) is 11.6. The molecule has 1 atom stereocenters. The molecule has 1 aliphatic heterocycles. The fraction of sp³-hybridized carbons (Fsp3) is 0.154. The maximum Gasteiger partial charge on any atom is 0.350 e. The Hall–Kier alpha value is -4.44. The number of esters is 1. The summed E-state index contributed by atoms with van der Waals surface area (Å²) in [6.45, 7) is 5.09. The van der Waals surface area contributed by atoms with Crippen molar-refractivity contribution < 1.29 is 34.1 Å². The number of aliphatic hydroxyl groups is 1. The summed E-state index contributed by atoms with van der Waals surface area (Å²) in [4.78, 5) is 44.6. The number of amides is 1. The van der Waals surface area contributed by atoms with Crippen LogP contribution in [0.5, 0.6) is 11.5 Å². The first-order valence-electron chi connectivity index (χ1n) is 10.8. The van der Waals surface area contributed by atoms with Gasteiger partial charge in [0.05, 0.1) is 24.4 Å². The van der Waals surface area contributed by atoms with E-state index < -0.39 is 29.5 Å². The molecule has 2 heterocycles. The van der Waals surface area contributed by atoms with Crippen LogP contribution in [0.1, 0.15) is 32.5 Å². The second-order valence-electron chi connectivity index (χ2n) is 7.79. The summed E-state index contributed by atoms with van der Waals surface area (Å²) in [5, 5.41) is 21.4. The highest BCUT2D eigenvalue weighted by atomic mass is 32.1. The lowest BCUT2D eigenvalue weighted by Crippen LogP contribution is -2.29. The molecule has 184 valence electrons. The van der Waals surface area contributed by atoms with Crippen molar-refractivity contribution in [2.75, 3.05) is 18.6 Å². The van der Waals surface area contributed by atoms with Crippen molar-refractivity contribution >= 4 is 39.9 Å². The number of thiazole rings is 1. The molecular formula is C26H22N2O7S. The van der Waals surface area contributed by atoms with Gasteiger partial charge in [0.15, 0.2) is 5.13 Å². The van der Waals surface area contributed by atoms with Gasteiger partial charge in [-0.1, -0.05) is 48.3 Å². The first-order chi connectivity index (χ1) is 17.3. The number of nitrogens with zero attached hydrogens (tertiary/aromatic N) is 2. The Morgan fingerprint density at radius 3 is 2.67 bits per heavy atom. The summed E-state index contributed by atoms with van der Waals surface area (Å²) in [7, 11) is 1.47. The van der Waals surface area contributed by atoms with Gasteiger partial charge in [-0.05, 0) is 36.8 Å². The SMILES string of the molecule is C=CCOC(=O)c1sc(N2C(=O)C(=O)C(=C(O)c3cccc(OC)c3)C2c2cccc(O)c2)nc1C. The van der Waals surface area contributed by atoms with E-state index in [1.807, 2.05) is 0 Å². The van der Waals surface area contributed by atoms with Gasteiger partial charge in [0.25, 0.3) is 5.78 Å². The highest BCUT2D eigenvalue weighted by molar-refractivity contribution is 7.17. The Labute approximate surface area is 210 Å². The van der Waals surface area contributed by atoms with Crippen molar-refractivity contribution in [1.82, 2.24) is 4.98 Å². The van der Waals surface area contributed by atoms with Crippen LogP contribution in [0.25, 0.3) is 5.76 Å². The molecular weight excluding hydrogens is 484 g/mol. The van der Waals surface area contributed by atoms with Crippen LogP contribution in [-0.2, 0) is 14.3 Å². The third-order valence-electron chi connectivity index (χ3n) is 5.48. The van der Waals surface area contributed by atoms with Gasteiger partial charge in [-0.2, -0.15) is 0 Å². The van der Waals surface area contributed by atoms with Crippen molar-refractivity contribution in [1.29, 1.82) is 0 Å². The number of aromatic nitrogens is 1. The molecule has 0 radical (unpaired) electrons. The van der Waals surface area contributed by atoms with E-state index in [4.69, 9.17) is 9.47 Å². The largest absolute Gasteiger partial charge is 0.508 e. The van der Waals surface area contributed by atoms with Crippen molar-refractivity contribution in [3.05, 3.63) is 88.5 Å². The highest BCUT2D eigenvalue weighted by Gasteiger charge is 2.48. The van der Waals surface area contributed by atoms with E-state index in [0.29, 0.717) is 17.0 Å². The van der Waals surface area contributed by atoms with Gasteiger partial charge >= 0.3 is 11.9 Å². The smallest absolute Gasteiger partial charge is 0.350 e. The van der Waals surface area contributed by atoms with Gasteiger partial charge < -0.3 is 19.7 Å². The monoisotopic (exact) mass is 506 g/mol. The minimum absolute atomic E-state index is 0.000148. The van der Waals surface area contributed by atoms with Gasteiger partial charge in [0.1, 0.15) is 28.7 Å². The van der Waals surface area contributed by atoms with E-state index in [-0.39, 0.29) is 33.5 Å². The topological polar surface area (TPSA) is 126 Å². The number of carbonyl (C=O) groups excluding carboxylic acids is 3. The zero-order valence-corrected chi connectivity index (χ0v) is 20.2. The molecule has 0 aliphatic carbocycles. The summed E-state index contributed by atoms with van der Waals surface area (Å²) >= 11 is 0.886. The predicted molar refractivity (Wildman–Crippen MR) is 133 cm³/mol. The Bertz CT molecular complexity index is 1410. The van der Waals surface area contributed by atoms with Crippen LogP contribution < -0.4 is 9.64 Å². The molecule has 36 heavy (non-hydrogen) atoms. The second-order valence-corrected chi connectivity index (χ2v) is 8.77. The van der Waals surface area contributed by atoms with Crippen LogP contribution in [0.2, 0.25) is 0 Å². The number of ether oxygens (including phenoxy) is 2. The van der Waals surface area contributed by atoms with Crippen molar-refractivity contribution in [2.24, 2.45) is 0 Å². The molecule has 9 nitrogen and oxygen atoms in total. The van der Waals surface area contributed by atoms with E-state index in [0.717, 1.165) is 16.2 Å². The first kappa shape index (κ1) is 24.7. The fourth-order valence-electron chi connectivity index (χ4n) is 3.84. The van der Waals surface area contributed by atoms with Crippen LogP contribution in [0, 0.1) is 6.92 Å². The minimum atomic E-state index is -1.12. The van der Waals surface area contributed by atoms with E-state index in [1.165, 1.54) is 31.4 Å². The van der Waals surface area contributed by atoms with Crippen molar-refractivity contribution in [3.63, 3.8) is 0 Å². The number of phenolic OH excluding ortho intramolecular Hbond substituents is 1. The normalized spacial score (nSPS) is 16.7. The highest BCUT2D eigenvalue weighted by Crippen LogP contribution is 2.44. The number of aromatic hydroxyl groups is 1. The standard InChI is InChI=1S/C26H22N2O7S/c1-4-11-35-25(33)23-14(2)27-26(36-23)28-20(15-7-5-9-17(29)12-15)19(22(31)24(28)32)21(30)16-8-6-10-18(13-16)34-3/h4-10,12-13,20,29-30H,1,11H2,2-3H3.